The number of aromatic nitrogens is 2. The molecule has 1 amide bonds. The number of carbonyl (C=O) groups excluding carboxylic acids is 1. The second-order valence-electron chi connectivity index (χ2n) is 5.01. The Morgan fingerprint density at radius 1 is 1.12 bits per heavy atom. The van der Waals surface area contributed by atoms with Crippen LogP contribution in [0.25, 0.3) is 16.9 Å². The quantitative estimate of drug-likeness (QED) is 0.441. The molecule has 0 radical (unpaired) electrons. The van der Waals surface area contributed by atoms with Crippen molar-refractivity contribution in [3.63, 3.8) is 0 Å². The lowest BCUT2D eigenvalue weighted by Crippen LogP contribution is -2.18. The lowest BCUT2D eigenvalue weighted by atomic mass is 10.1. The summed E-state index contributed by atoms with van der Waals surface area (Å²) in [5.74, 6) is -0.490. The Labute approximate surface area is 144 Å². The molecule has 1 heterocycles. The van der Waals surface area contributed by atoms with E-state index >= 15 is 0 Å². The molecule has 3 aromatic rings. The first-order valence-electron chi connectivity index (χ1n) is 7.36. The highest BCUT2D eigenvalue weighted by molar-refractivity contribution is 6.27. The zero-order chi connectivity index (χ0) is 16.8. The summed E-state index contributed by atoms with van der Waals surface area (Å²) in [5.41, 5.74) is 5.86. The minimum Gasteiger partial charge on any atom is -0.272 e. The Hall–Kier alpha value is -2.92. The molecule has 5 nitrogen and oxygen atoms in total. The van der Waals surface area contributed by atoms with Crippen molar-refractivity contribution in [1.82, 2.24) is 15.2 Å². The zero-order valence-corrected chi connectivity index (χ0v) is 13.5. The summed E-state index contributed by atoms with van der Waals surface area (Å²) in [4.78, 5) is 11.2. The van der Waals surface area contributed by atoms with Gasteiger partial charge in [-0.1, -0.05) is 48.5 Å². The van der Waals surface area contributed by atoms with Crippen molar-refractivity contribution >= 4 is 23.7 Å². The van der Waals surface area contributed by atoms with Gasteiger partial charge in [-0.25, -0.2) is 10.1 Å². The fourth-order valence-electron chi connectivity index (χ4n) is 2.22. The number of rotatable bonds is 5. The molecule has 0 aliphatic carbocycles. The summed E-state index contributed by atoms with van der Waals surface area (Å²) in [6.07, 6.45) is 3.44. The lowest BCUT2D eigenvalue weighted by Gasteiger charge is -2.00. The molecule has 0 fully saturated rings. The first-order valence-corrected chi connectivity index (χ1v) is 7.90. The number of halogens is 1. The van der Waals surface area contributed by atoms with Crippen LogP contribution in [0.4, 0.5) is 0 Å². The molecular weight excluding hydrogens is 324 g/mol. The van der Waals surface area contributed by atoms with Crippen LogP contribution in [0.5, 0.6) is 0 Å². The van der Waals surface area contributed by atoms with Gasteiger partial charge < -0.3 is 0 Å². The van der Waals surface area contributed by atoms with Crippen molar-refractivity contribution in [3.05, 3.63) is 72.4 Å². The second-order valence-corrected chi connectivity index (χ2v) is 5.27. The van der Waals surface area contributed by atoms with Crippen LogP contribution in [0.2, 0.25) is 0 Å². The van der Waals surface area contributed by atoms with Gasteiger partial charge in [-0.2, -0.15) is 10.2 Å². The van der Waals surface area contributed by atoms with E-state index < -0.39 is 0 Å². The molecule has 0 unspecified atom stereocenters. The minimum absolute atomic E-state index is 0.133. The molecular formula is C18H15ClN4O. The standard InChI is InChI=1S/C18H15ClN4O/c19-11-17(24)21-20-12-15-13-23(16-9-5-2-6-10-16)22-18(15)14-7-3-1-4-8-14/h1-10,12-13H,11H2,(H,21,24)/b20-12+. The average molecular weight is 339 g/mol. The van der Waals surface area contributed by atoms with Gasteiger partial charge in [-0.15, -0.1) is 11.6 Å². The van der Waals surface area contributed by atoms with E-state index in [1.807, 2.05) is 66.9 Å². The highest BCUT2D eigenvalue weighted by atomic mass is 35.5. The number of carbonyl (C=O) groups is 1. The highest BCUT2D eigenvalue weighted by Gasteiger charge is 2.10. The fourth-order valence-corrected chi connectivity index (χ4v) is 2.28. The maximum Gasteiger partial charge on any atom is 0.254 e. The number of hydrogen-bond acceptors (Lipinski definition) is 3. The average Bonchev–Trinajstić information content (AvgIpc) is 3.07. The summed E-state index contributed by atoms with van der Waals surface area (Å²) in [6.45, 7) is 0. The minimum atomic E-state index is -0.357. The van der Waals surface area contributed by atoms with E-state index in [0.717, 1.165) is 22.5 Å². The van der Waals surface area contributed by atoms with Gasteiger partial charge in [-0.05, 0) is 12.1 Å². The topological polar surface area (TPSA) is 59.3 Å². The van der Waals surface area contributed by atoms with Crippen molar-refractivity contribution < 1.29 is 4.79 Å². The van der Waals surface area contributed by atoms with E-state index in [0.29, 0.717) is 0 Å². The van der Waals surface area contributed by atoms with Crippen molar-refractivity contribution in [2.24, 2.45) is 5.10 Å². The molecule has 0 bridgehead atoms. The molecule has 0 spiro atoms. The third kappa shape index (κ3) is 3.70. The van der Waals surface area contributed by atoms with E-state index in [1.54, 1.807) is 10.9 Å². The molecule has 120 valence electrons. The predicted octanol–water partition coefficient (Wildman–Crippen LogP) is 3.23. The summed E-state index contributed by atoms with van der Waals surface area (Å²) in [6, 6.07) is 19.6. The van der Waals surface area contributed by atoms with Crippen LogP contribution in [0.3, 0.4) is 0 Å². The molecule has 0 saturated carbocycles. The molecule has 2 aromatic carbocycles. The number of nitrogens with one attached hydrogen (secondary N) is 1. The van der Waals surface area contributed by atoms with Crippen molar-refractivity contribution in [1.29, 1.82) is 0 Å². The summed E-state index contributed by atoms with van der Waals surface area (Å²) in [7, 11) is 0. The van der Waals surface area contributed by atoms with Crippen LogP contribution in [0, 0.1) is 0 Å². The highest BCUT2D eigenvalue weighted by Crippen LogP contribution is 2.22. The van der Waals surface area contributed by atoms with Crippen LogP contribution in [0.1, 0.15) is 5.56 Å². The van der Waals surface area contributed by atoms with E-state index in [9.17, 15) is 4.79 Å². The van der Waals surface area contributed by atoms with Gasteiger partial charge in [-0.3, -0.25) is 4.79 Å². The van der Waals surface area contributed by atoms with Crippen LogP contribution in [0.15, 0.2) is 72.0 Å². The predicted molar refractivity (Wildman–Crippen MR) is 95.5 cm³/mol. The van der Waals surface area contributed by atoms with Gasteiger partial charge in [0.15, 0.2) is 0 Å². The van der Waals surface area contributed by atoms with E-state index in [2.05, 4.69) is 15.6 Å². The molecule has 1 aromatic heterocycles. The number of para-hydroxylation sites is 1. The first-order chi connectivity index (χ1) is 11.8. The van der Waals surface area contributed by atoms with Gasteiger partial charge in [0.05, 0.1) is 11.9 Å². The van der Waals surface area contributed by atoms with Crippen LogP contribution in [-0.4, -0.2) is 27.8 Å². The number of alkyl halides is 1. The molecule has 0 saturated heterocycles. The van der Waals surface area contributed by atoms with Crippen molar-refractivity contribution in [2.75, 3.05) is 5.88 Å². The van der Waals surface area contributed by atoms with E-state index in [4.69, 9.17) is 11.6 Å². The molecule has 3 rings (SSSR count). The number of benzene rings is 2. The third-order valence-electron chi connectivity index (χ3n) is 3.32. The van der Waals surface area contributed by atoms with Gasteiger partial charge in [0, 0.05) is 17.3 Å². The molecule has 1 N–H and O–H groups in total. The van der Waals surface area contributed by atoms with E-state index in [1.165, 1.54) is 0 Å². The molecule has 24 heavy (non-hydrogen) atoms. The summed E-state index contributed by atoms with van der Waals surface area (Å²) >= 11 is 5.44. The lowest BCUT2D eigenvalue weighted by molar-refractivity contribution is -0.118. The number of hydrazone groups is 1. The molecule has 0 atom stereocenters. The van der Waals surface area contributed by atoms with Gasteiger partial charge >= 0.3 is 0 Å². The Kier molecular flexibility index (Phi) is 5.03. The fraction of sp³-hybridized carbons (Fsp3) is 0.0556. The summed E-state index contributed by atoms with van der Waals surface area (Å²) in [5, 5.41) is 8.60. The number of amides is 1. The largest absolute Gasteiger partial charge is 0.272 e. The monoisotopic (exact) mass is 338 g/mol. The smallest absolute Gasteiger partial charge is 0.254 e. The maximum atomic E-state index is 11.2. The van der Waals surface area contributed by atoms with E-state index in [-0.39, 0.29) is 11.8 Å². The van der Waals surface area contributed by atoms with Crippen molar-refractivity contribution in [3.8, 4) is 16.9 Å². The van der Waals surface area contributed by atoms with Crippen LogP contribution < -0.4 is 5.43 Å². The zero-order valence-electron chi connectivity index (χ0n) is 12.8. The Morgan fingerprint density at radius 3 is 2.46 bits per heavy atom. The molecule has 6 heteroatoms. The van der Waals surface area contributed by atoms with Crippen molar-refractivity contribution in [2.45, 2.75) is 0 Å². The molecule has 0 aliphatic heterocycles. The SMILES string of the molecule is O=C(CCl)N/N=C/c1cn(-c2ccccc2)nc1-c1ccccc1. The third-order valence-corrected chi connectivity index (χ3v) is 3.57. The van der Waals surface area contributed by atoms with Gasteiger partial charge in [0.1, 0.15) is 11.6 Å². The van der Waals surface area contributed by atoms with Gasteiger partial charge in [0.25, 0.3) is 5.91 Å². The number of nitrogens with zero attached hydrogens (tertiary/aromatic N) is 3. The maximum absolute atomic E-state index is 11.2. The number of hydrogen-bond donors (Lipinski definition) is 1. The first kappa shape index (κ1) is 16.0. The Balaban J connectivity index is 1.99. The molecule has 0 aliphatic rings. The summed E-state index contributed by atoms with van der Waals surface area (Å²) < 4.78 is 1.78. The van der Waals surface area contributed by atoms with Crippen LogP contribution in [-0.2, 0) is 4.79 Å². The second kappa shape index (κ2) is 7.57. The Morgan fingerprint density at radius 2 is 1.79 bits per heavy atom. The van der Waals surface area contributed by atoms with Crippen LogP contribution >= 0.6 is 11.6 Å². The Bertz CT molecular complexity index is 844. The van der Waals surface area contributed by atoms with Gasteiger partial charge in [0.2, 0.25) is 0 Å². The normalized spacial score (nSPS) is 10.9.